The maximum atomic E-state index is 12.7. The molecular weight excluding hydrogens is 354 g/mol. The number of nitrogens with zero attached hydrogens (tertiary/aromatic N) is 1. The molecule has 0 radical (unpaired) electrons. The maximum Gasteiger partial charge on any atom is 0.341 e. The highest BCUT2D eigenvalue weighted by Crippen LogP contribution is 2.45. The van der Waals surface area contributed by atoms with Crippen molar-refractivity contribution in [2.75, 3.05) is 33.4 Å². The number of aliphatic hydroxyl groups is 3. The highest BCUT2D eigenvalue weighted by atomic mass is 16.6. The van der Waals surface area contributed by atoms with Crippen LogP contribution in [0.2, 0.25) is 0 Å². The van der Waals surface area contributed by atoms with Gasteiger partial charge in [0, 0.05) is 17.9 Å². The van der Waals surface area contributed by atoms with Gasteiger partial charge in [0.2, 0.25) is 0 Å². The van der Waals surface area contributed by atoms with E-state index in [2.05, 4.69) is 0 Å². The summed E-state index contributed by atoms with van der Waals surface area (Å²) in [5.74, 6) is -2.33. The van der Waals surface area contributed by atoms with Gasteiger partial charge in [-0.25, -0.2) is 9.59 Å². The number of ether oxygens (including phenoxy) is 2. The number of quaternary nitrogens is 1. The van der Waals surface area contributed by atoms with Crippen molar-refractivity contribution in [3.63, 3.8) is 0 Å². The average Bonchev–Trinajstić information content (AvgIpc) is 3.04. The van der Waals surface area contributed by atoms with E-state index >= 15 is 0 Å². The molecule has 0 aromatic rings. The Morgan fingerprint density at radius 2 is 2.07 bits per heavy atom. The molecule has 0 aromatic heterocycles. The second-order valence-electron chi connectivity index (χ2n) is 8.02. The predicted octanol–water partition coefficient (Wildman–Crippen LogP) is -0.370. The molecule has 3 rings (SSSR count). The number of esters is 2. The van der Waals surface area contributed by atoms with Crippen LogP contribution in [0.5, 0.6) is 0 Å². The summed E-state index contributed by atoms with van der Waals surface area (Å²) < 4.78 is 11.2. The number of carbonyl (C=O) groups excluding carboxylic acids is 2. The van der Waals surface area contributed by atoms with Crippen molar-refractivity contribution < 1.29 is 38.9 Å². The zero-order chi connectivity index (χ0) is 20.0. The third kappa shape index (κ3) is 2.82. The third-order valence-electron chi connectivity index (χ3n) is 6.52. The Morgan fingerprint density at radius 3 is 2.70 bits per heavy atom. The molecule has 0 aromatic carbocycles. The largest absolute Gasteiger partial charge is 0.459 e. The molecule has 0 saturated carbocycles. The predicted molar refractivity (Wildman–Crippen MR) is 94.0 cm³/mol. The lowest BCUT2D eigenvalue weighted by Gasteiger charge is -2.40. The van der Waals surface area contributed by atoms with E-state index in [1.54, 1.807) is 26.0 Å². The second kappa shape index (κ2) is 6.70. The van der Waals surface area contributed by atoms with Crippen LogP contribution in [0.1, 0.15) is 26.7 Å². The van der Waals surface area contributed by atoms with Crippen LogP contribution in [0.4, 0.5) is 0 Å². The summed E-state index contributed by atoms with van der Waals surface area (Å²) in [7, 11) is 1.87. The van der Waals surface area contributed by atoms with Crippen molar-refractivity contribution >= 4 is 11.9 Å². The van der Waals surface area contributed by atoms with Gasteiger partial charge >= 0.3 is 11.9 Å². The smallest absolute Gasteiger partial charge is 0.341 e. The molecular formula is C19H28NO7+. The van der Waals surface area contributed by atoms with Gasteiger partial charge in [-0.1, -0.05) is 13.0 Å². The van der Waals surface area contributed by atoms with Crippen molar-refractivity contribution in [3.8, 4) is 0 Å². The molecule has 5 atom stereocenters. The van der Waals surface area contributed by atoms with Crippen LogP contribution in [-0.2, 0) is 19.1 Å². The molecule has 8 heteroatoms. The van der Waals surface area contributed by atoms with E-state index in [9.17, 15) is 24.9 Å². The van der Waals surface area contributed by atoms with Crippen molar-refractivity contribution in [2.24, 2.45) is 5.92 Å². The molecule has 3 heterocycles. The lowest BCUT2D eigenvalue weighted by atomic mass is 9.84. The Morgan fingerprint density at radius 1 is 1.37 bits per heavy atom. The normalized spacial score (nSPS) is 44.1. The maximum absolute atomic E-state index is 12.7. The van der Waals surface area contributed by atoms with Crippen molar-refractivity contribution in [1.29, 1.82) is 0 Å². The molecule has 2 fully saturated rings. The molecule has 150 valence electrons. The fraction of sp³-hybridized carbons (Fsp3) is 0.684. The fourth-order valence-electron chi connectivity index (χ4n) is 4.39. The molecule has 3 aliphatic rings. The summed E-state index contributed by atoms with van der Waals surface area (Å²) in [5.41, 5.74) is -2.90. The first-order chi connectivity index (χ1) is 12.6. The average molecular weight is 382 g/mol. The summed E-state index contributed by atoms with van der Waals surface area (Å²) in [6.45, 7) is 3.30. The molecule has 8 nitrogen and oxygen atoms in total. The number of rotatable bonds is 1. The van der Waals surface area contributed by atoms with E-state index in [1.165, 1.54) is 0 Å². The van der Waals surface area contributed by atoms with E-state index in [0.29, 0.717) is 25.1 Å². The van der Waals surface area contributed by atoms with E-state index < -0.39 is 41.9 Å². The minimum Gasteiger partial charge on any atom is -0.459 e. The first-order valence-corrected chi connectivity index (χ1v) is 9.25. The highest BCUT2D eigenvalue weighted by Gasteiger charge is 2.65. The van der Waals surface area contributed by atoms with Crippen LogP contribution in [0.3, 0.4) is 0 Å². The molecule has 0 spiro atoms. The number of aliphatic hydroxyl groups excluding tert-OH is 1. The number of allylic oxidation sites excluding steroid dienone is 1. The van der Waals surface area contributed by atoms with Gasteiger partial charge in [-0.3, -0.25) is 4.48 Å². The summed E-state index contributed by atoms with van der Waals surface area (Å²) in [6, 6.07) is 0. The minimum atomic E-state index is -2.15. The SMILES string of the molecule is C/C=C1/C[C@@H](C)[C@](O)(CO)C(=O)OCC2=CC[N+]3(C)CC[C@@H](OC1=O)C23O. The van der Waals surface area contributed by atoms with Gasteiger partial charge in [-0.15, -0.1) is 0 Å². The van der Waals surface area contributed by atoms with Gasteiger partial charge in [0.25, 0.3) is 5.72 Å². The first-order valence-electron chi connectivity index (χ1n) is 9.25. The van der Waals surface area contributed by atoms with Gasteiger partial charge < -0.3 is 24.8 Å². The molecule has 2 unspecified atom stereocenters. The van der Waals surface area contributed by atoms with Crippen molar-refractivity contribution in [2.45, 2.75) is 44.1 Å². The monoisotopic (exact) mass is 382 g/mol. The van der Waals surface area contributed by atoms with Crippen LogP contribution in [0, 0.1) is 5.92 Å². The lowest BCUT2D eigenvalue weighted by Crippen LogP contribution is -2.61. The van der Waals surface area contributed by atoms with Gasteiger partial charge in [0.05, 0.1) is 25.8 Å². The van der Waals surface area contributed by atoms with Crippen LogP contribution in [-0.4, -0.2) is 82.5 Å². The second-order valence-corrected chi connectivity index (χ2v) is 8.02. The van der Waals surface area contributed by atoms with Gasteiger partial charge in [0.1, 0.15) is 13.2 Å². The number of likely N-dealkylation sites (N-methyl/N-ethyl adjacent to an activating group) is 1. The molecule has 0 bridgehead atoms. The molecule has 3 aliphatic heterocycles. The van der Waals surface area contributed by atoms with Gasteiger partial charge in [-0.05, 0) is 19.4 Å². The molecule has 3 N–H and O–H groups in total. The van der Waals surface area contributed by atoms with Crippen LogP contribution in [0.15, 0.2) is 23.3 Å². The third-order valence-corrected chi connectivity index (χ3v) is 6.52. The zero-order valence-corrected chi connectivity index (χ0v) is 16.0. The van der Waals surface area contributed by atoms with E-state index in [1.807, 2.05) is 7.05 Å². The molecule has 27 heavy (non-hydrogen) atoms. The Hall–Kier alpha value is -1.74. The van der Waals surface area contributed by atoms with E-state index in [0.717, 1.165) is 0 Å². The summed E-state index contributed by atoms with van der Waals surface area (Å²) in [4.78, 5) is 25.3. The number of hydrogen-bond donors (Lipinski definition) is 3. The Balaban J connectivity index is 2.02. The fourth-order valence-corrected chi connectivity index (χ4v) is 4.39. The molecule has 0 aliphatic carbocycles. The summed E-state index contributed by atoms with van der Waals surface area (Å²) >= 11 is 0. The van der Waals surface area contributed by atoms with Crippen LogP contribution >= 0.6 is 0 Å². The summed E-state index contributed by atoms with van der Waals surface area (Å²) in [5, 5.41) is 31.8. The Kier molecular flexibility index (Phi) is 4.96. The first kappa shape index (κ1) is 20.0. The number of hydrogen-bond acceptors (Lipinski definition) is 7. The quantitative estimate of drug-likeness (QED) is 0.245. The lowest BCUT2D eigenvalue weighted by molar-refractivity contribution is -0.955. The zero-order valence-electron chi connectivity index (χ0n) is 16.0. The molecule has 2 saturated heterocycles. The van der Waals surface area contributed by atoms with Gasteiger partial charge in [-0.2, -0.15) is 0 Å². The standard InChI is InChI=1S/C19H28NO7/c1-4-13-9-12(2)18(24,11-21)17(23)26-10-14-5-7-20(3)8-6-15(19(14,20)25)27-16(13)22/h4-5,12,15,21,24-25H,6-11H2,1-3H3/q+1/b13-4-/t12-,15-,18-,19?,20?/m1/s1. The van der Waals surface area contributed by atoms with E-state index in [-0.39, 0.29) is 23.1 Å². The van der Waals surface area contributed by atoms with E-state index in [4.69, 9.17) is 9.47 Å². The van der Waals surface area contributed by atoms with Crippen molar-refractivity contribution in [1.82, 2.24) is 0 Å². The number of carbonyl (C=O) groups is 2. The van der Waals surface area contributed by atoms with Gasteiger partial charge in [0.15, 0.2) is 11.7 Å². The molecule has 0 amide bonds. The minimum absolute atomic E-state index is 0.0292. The number of cyclic esters (lactones) is 1. The summed E-state index contributed by atoms with van der Waals surface area (Å²) in [6.07, 6.45) is 3.13. The topological polar surface area (TPSA) is 113 Å². The van der Waals surface area contributed by atoms with Crippen molar-refractivity contribution in [3.05, 3.63) is 23.3 Å². The highest BCUT2D eigenvalue weighted by molar-refractivity contribution is 5.89. The van der Waals surface area contributed by atoms with Crippen LogP contribution < -0.4 is 0 Å². The Labute approximate surface area is 158 Å². The van der Waals surface area contributed by atoms with Crippen LogP contribution in [0.25, 0.3) is 0 Å². The Bertz CT molecular complexity index is 717.